The number of halogens is 3. The lowest BCUT2D eigenvalue weighted by Gasteiger charge is -2.20. The molecule has 1 saturated heterocycles. The van der Waals surface area contributed by atoms with Crippen LogP contribution in [0, 0.1) is 6.92 Å². The molecular weight excluding hydrogens is 329 g/mol. The zero-order valence-electron chi connectivity index (χ0n) is 14.6. The predicted octanol–water partition coefficient (Wildman–Crippen LogP) is 2.65. The molecule has 2 aliphatic rings. The minimum atomic E-state index is -4.14. The third-order valence-electron chi connectivity index (χ3n) is 4.94. The van der Waals surface area contributed by atoms with Crippen LogP contribution >= 0.6 is 0 Å². The fourth-order valence-corrected chi connectivity index (χ4v) is 3.59. The van der Waals surface area contributed by atoms with Crippen LogP contribution in [-0.2, 0) is 0 Å². The van der Waals surface area contributed by atoms with Gasteiger partial charge < -0.3 is 10.6 Å². The van der Waals surface area contributed by atoms with E-state index in [0.717, 1.165) is 6.42 Å². The first kappa shape index (κ1) is 18.0. The Hall–Kier alpha value is -1.76. The first-order valence-corrected chi connectivity index (χ1v) is 8.70. The summed E-state index contributed by atoms with van der Waals surface area (Å²) in [7, 11) is 1.70. The lowest BCUT2D eigenvalue weighted by atomic mass is 10.0. The molecule has 1 heterocycles. The van der Waals surface area contributed by atoms with Gasteiger partial charge >= 0.3 is 6.18 Å². The van der Waals surface area contributed by atoms with Crippen LogP contribution in [0.3, 0.4) is 0 Å². The zero-order chi connectivity index (χ0) is 18.0. The Morgan fingerprint density at radius 2 is 2.04 bits per heavy atom. The standard InChI is InChI=1S/C18H25F3N4/c1-12-5-3-4-6-14(12)15-9-16(15)24-17(22-2)23-13-7-8-25(10-13)11-18(19,20)21/h3-6,13,15-16H,7-11H2,1-2H3,(H2,22,23,24). The maximum absolute atomic E-state index is 12.5. The van der Waals surface area contributed by atoms with Gasteiger partial charge in [0.2, 0.25) is 0 Å². The number of hydrogen-bond acceptors (Lipinski definition) is 2. The lowest BCUT2D eigenvalue weighted by Crippen LogP contribution is -2.46. The normalized spacial score (nSPS) is 27.4. The van der Waals surface area contributed by atoms with E-state index in [-0.39, 0.29) is 6.04 Å². The molecular formula is C18H25F3N4. The Morgan fingerprint density at radius 3 is 2.72 bits per heavy atom. The van der Waals surface area contributed by atoms with Crippen molar-refractivity contribution in [3.05, 3.63) is 35.4 Å². The largest absolute Gasteiger partial charge is 0.401 e. The first-order valence-electron chi connectivity index (χ1n) is 8.70. The average molecular weight is 354 g/mol. The molecule has 0 aromatic heterocycles. The second-order valence-electron chi connectivity index (χ2n) is 7.00. The van der Waals surface area contributed by atoms with Crippen LogP contribution in [0.2, 0.25) is 0 Å². The van der Waals surface area contributed by atoms with E-state index < -0.39 is 12.7 Å². The van der Waals surface area contributed by atoms with Gasteiger partial charge in [0, 0.05) is 38.1 Å². The van der Waals surface area contributed by atoms with E-state index in [2.05, 4.69) is 40.7 Å². The molecule has 1 saturated carbocycles. The molecule has 4 nitrogen and oxygen atoms in total. The average Bonchev–Trinajstić information content (AvgIpc) is 3.16. The third-order valence-corrected chi connectivity index (χ3v) is 4.94. The SMILES string of the molecule is CN=C(NC1CCN(CC(F)(F)F)C1)NC1CC1c1ccccc1C. The molecule has 7 heteroatoms. The molecule has 3 unspecified atom stereocenters. The van der Waals surface area contributed by atoms with Gasteiger partial charge in [-0.3, -0.25) is 9.89 Å². The number of hydrogen-bond donors (Lipinski definition) is 2. The highest BCUT2D eigenvalue weighted by Gasteiger charge is 2.40. The molecule has 1 aromatic rings. The van der Waals surface area contributed by atoms with Crippen molar-refractivity contribution in [1.29, 1.82) is 0 Å². The van der Waals surface area contributed by atoms with Crippen molar-refractivity contribution in [2.75, 3.05) is 26.7 Å². The molecule has 2 N–H and O–H groups in total. The highest BCUT2D eigenvalue weighted by atomic mass is 19.4. The molecule has 0 amide bonds. The number of benzene rings is 1. The van der Waals surface area contributed by atoms with Crippen molar-refractivity contribution in [3.63, 3.8) is 0 Å². The molecule has 1 aromatic carbocycles. The monoisotopic (exact) mass is 354 g/mol. The Balaban J connectivity index is 1.48. The quantitative estimate of drug-likeness (QED) is 0.645. The summed E-state index contributed by atoms with van der Waals surface area (Å²) in [6, 6.07) is 8.70. The molecule has 1 aliphatic heterocycles. The van der Waals surface area contributed by atoms with Gasteiger partial charge in [-0.1, -0.05) is 24.3 Å². The Morgan fingerprint density at radius 1 is 1.28 bits per heavy atom. The maximum Gasteiger partial charge on any atom is 0.401 e. The third kappa shape index (κ3) is 4.87. The second-order valence-corrected chi connectivity index (χ2v) is 7.00. The number of nitrogens with zero attached hydrogens (tertiary/aromatic N) is 2. The minimum Gasteiger partial charge on any atom is -0.353 e. The van der Waals surface area contributed by atoms with Gasteiger partial charge in [-0.2, -0.15) is 13.2 Å². The summed E-state index contributed by atoms with van der Waals surface area (Å²) in [4.78, 5) is 5.68. The minimum absolute atomic E-state index is 0.00390. The maximum atomic E-state index is 12.5. The number of alkyl halides is 3. The fourth-order valence-electron chi connectivity index (χ4n) is 3.59. The molecule has 138 valence electrons. The van der Waals surface area contributed by atoms with Crippen molar-refractivity contribution in [1.82, 2.24) is 15.5 Å². The smallest absolute Gasteiger partial charge is 0.353 e. The number of aliphatic imine (C=N–C) groups is 1. The molecule has 0 spiro atoms. The van der Waals surface area contributed by atoms with E-state index in [4.69, 9.17) is 0 Å². The zero-order valence-corrected chi connectivity index (χ0v) is 14.6. The Bertz CT molecular complexity index is 629. The topological polar surface area (TPSA) is 39.7 Å². The summed E-state index contributed by atoms with van der Waals surface area (Å²) in [6.07, 6.45) is -2.39. The van der Waals surface area contributed by atoms with Crippen LogP contribution in [0.4, 0.5) is 13.2 Å². The van der Waals surface area contributed by atoms with E-state index in [1.54, 1.807) is 7.05 Å². The van der Waals surface area contributed by atoms with Crippen LogP contribution in [0.15, 0.2) is 29.3 Å². The lowest BCUT2D eigenvalue weighted by molar-refractivity contribution is -0.143. The van der Waals surface area contributed by atoms with E-state index in [1.807, 2.05) is 6.07 Å². The Kier molecular flexibility index (Phi) is 5.22. The highest BCUT2D eigenvalue weighted by molar-refractivity contribution is 5.81. The number of guanidine groups is 1. The second kappa shape index (κ2) is 7.23. The van der Waals surface area contributed by atoms with Gasteiger partial charge in [0.1, 0.15) is 0 Å². The molecule has 0 radical (unpaired) electrons. The number of aryl methyl sites for hydroxylation is 1. The summed E-state index contributed by atoms with van der Waals surface area (Å²) < 4.78 is 37.4. The Labute approximate surface area is 146 Å². The van der Waals surface area contributed by atoms with Gasteiger partial charge in [0.05, 0.1) is 6.54 Å². The van der Waals surface area contributed by atoms with E-state index in [0.29, 0.717) is 37.4 Å². The van der Waals surface area contributed by atoms with Crippen molar-refractivity contribution in [3.8, 4) is 0 Å². The van der Waals surface area contributed by atoms with Crippen molar-refractivity contribution in [2.45, 2.75) is 43.9 Å². The van der Waals surface area contributed by atoms with Crippen molar-refractivity contribution < 1.29 is 13.2 Å². The molecule has 25 heavy (non-hydrogen) atoms. The van der Waals surface area contributed by atoms with Crippen LogP contribution in [0.5, 0.6) is 0 Å². The van der Waals surface area contributed by atoms with Crippen molar-refractivity contribution in [2.24, 2.45) is 4.99 Å². The van der Waals surface area contributed by atoms with E-state index in [9.17, 15) is 13.2 Å². The van der Waals surface area contributed by atoms with E-state index in [1.165, 1.54) is 16.0 Å². The van der Waals surface area contributed by atoms with Gasteiger partial charge in [0.25, 0.3) is 0 Å². The van der Waals surface area contributed by atoms with Crippen molar-refractivity contribution >= 4 is 5.96 Å². The van der Waals surface area contributed by atoms with E-state index >= 15 is 0 Å². The van der Waals surface area contributed by atoms with Crippen LogP contribution in [0.1, 0.15) is 29.9 Å². The molecule has 0 bridgehead atoms. The predicted molar refractivity (Wildman–Crippen MR) is 92.9 cm³/mol. The van der Waals surface area contributed by atoms with Crippen LogP contribution < -0.4 is 10.6 Å². The van der Waals surface area contributed by atoms with Gasteiger partial charge in [-0.25, -0.2) is 0 Å². The van der Waals surface area contributed by atoms with Gasteiger partial charge in [-0.15, -0.1) is 0 Å². The highest BCUT2D eigenvalue weighted by Crippen LogP contribution is 2.42. The molecule has 2 fully saturated rings. The molecule has 3 rings (SSSR count). The number of likely N-dealkylation sites (tertiary alicyclic amines) is 1. The molecule has 3 atom stereocenters. The van der Waals surface area contributed by atoms with Gasteiger partial charge in [0.15, 0.2) is 5.96 Å². The molecule has 1 aliphatic carbocycles. The summed E-state index contributed by atoms with van der Waals surface area (Å²) in [6.45, 7) is 2.14. The number of rotatable bonds is 4. The summed E-state index contributed by atoms with van der Waals surface area (Å²) in [5.41, 5.74) is 2.64. The van der Waals surface area contributed by atoms with Crippen LogP contribution in [0.25, 0.3) is 0 Å². The van der Waals surface area contributed by atoms with Crippen LogP contribution in [-0.4, -0.2) is 55.8 Å². The summed E-state index contributed by atoms with van der Waals surface area (Å²) >= 11 is 0. The first-order chi connectivity index (χ1) is 11.9. The van der Waals surface area contributed by atoms with Gasteiger partial charge in [-0.05, 0) is 30.9 Å². The fraction of sp³-hybridized carbons (Fsp3) is 0.611. The number of nitrogens with one attached hydrogen (secondary N) is 2. The summed E-state index contributed by atoms with van der Waals surface area (Å²) in [5.74, 6) is 1.16. The summed E-state index contributed by atoms with van der Waals surface area (Å²) in [5, 5.41) is 6.67.